The summed E-state index contributed by atoms with van der Waals surface area (Å²) < 4.78 is 21.6. The van der Waals surface area contributed by atoms with Crippen LogP contribution in [0.5, 0.6) is 23.0 Å². The van der Waals surface area contributed by atoms with Crippen LogP contribution in [0.15, 0.2) is 65.8 Å². The molecule has 1 amide bonds. The summed E-state index contributed by atoms with van der Waals surface area (Å²) in [5.74, 6) is 1.88. The molecule has 0 aliphatic carbocycles. The average Bonchev–Trinajstić information content (AvgIpc) is 2.83. The normalized spacial score (nSPS) is 10.6. The van der Waals surface area contributed by atoms with Crippen LogP contribution in [0.25, 0.3) is 0 Å². The summed E-state index contributed by atoms with van der Waals surface area (Å²) in [6, 6.07) is 17.6. The van der Waals surface area contributed by atoms with Crippen LogP contribution < -0.4 is 24.4 Å². The number of benzene rings is 3. The van der Waals surface area contributed by atoms with E-state index in [9.17, 15) is 4.79 Å². The SMILES string of the molecule is COc1cc(OC)c(OC)cc1/C=N\NC(=O)c1ccc(OCc2ccc(Cl)cc2)cc1. The molecule has 3 rings (SSSR count). The van der Waals surface area contributed by atoms with Crippen LogP contribution in [0.4, 0.5) is 0 Å². The molecular formula is C24H23ClN2O5. The van der Waals surface area contributed by atoms with E-state index in [1.807, 2.05) is 24.3 Å². The molecule has 0 aliphatic heterocycles. The highest BCUT2D eigenvalue weighted by Gasteiger charge is 2.11. The minimum absolute atomic E-state index is 0.357. The van der Waals surface area contributed by atoms with Crippen molar-refractivity contribution in [1.82, 2.24) is 5.43 Å². The van der Waals surface area contributed by atoms with Crippen molar-refractivity contribution in [2.75, 3.05) is 21.3 Å². The number of hydrogen-bond acceptors (Lipinski definition) is 6. The Labute approximate surface area is 191 Å². The second-order valence-corrected chi connectivity index (χ2v) is 7.02. The van der Waals surface area contributed by atoms with Gasteiger partial charge in [-0.15, -0.1) is 0 Å². The molecule has 0 heterocycles. The molecule has 1 N–H and O–H groups in total. The molecule has 0 aliphatic rings. The third-order valence-corrected chi connectivity index (χ3v) is 4.79. The van der Waals surface area contributed by atoms with Crippen molar-refractivity contribution >= 4 is 23.7 Å². The molecule has 3 aromatic carbocycles. The predicted molar refractivity (Wildman–Crippen MR) is 123 cm³/mol. The van der Waals surface area contributed by atoms with Gasteiger partial charge in [-0.2, -0.15) is 5.10 Å². The van der Waals surface area contributed by atoms with Gasteiger partial charge in [-0.3, -0.25) is 4.79 Å². The Morgan fingerprint density at radius 1 is 0.906 bits per heavy atom. The molecule has 166 valence electrons. The number of carbonyl (C=O) groups is 1. The second-order valence-electron chi connectivity index (χ2n) is 6.59. The second kappa shape index (κ2) is 11.1. The fourth-order valence-corrected chi connectivity index (χ4v) is 2.95. The molecule has 32 heavy (non-hydrogen) atoms. The standard InChI is InChI=1S/C24H23ClN2O5/c1-29-21-13-23(31-3)22(30-2)12-18(21)14-26-27-24(28)17-6-10-20(11-7-17)32-15-16-4-8-19(25)9-5-16/h4-14H,15H2,1-3H3,(H,27,28)/b26-14-. The number of halogens is 1. The van der Waals surface area contributed by atoms with Gasteiger partial charge < -0.3 is 18.9 Å². The molecular weight excluding hydrogens is 432 g/mol. The van der Waals surface area contributed by atoms with Crippen molar-refractivity contribution in [2.45, 2.75) is 6.61 Å². The lowest BCUT2D eigenvalue weighted by Gasteiger charge is -2.11. The number of carbonyl (C=O) groups excluding carboxylic acids is 1. The molecule has 0 saturated heterocycles. The van der Waals surface area contributed by atoms with Gasteiger partial charge in [0, 0.05) is 22.2 Å². The van der Waals surface area contributed by atoms with E-state index >= 15 is 0 Å². The number of nitrogens with one attached hydrogen (secondary N) is 1. The van der Waals surface area contributed by atoms with Gasteiger partial charge in [-0.25, -0.2) is 5.43 Å². The number of hydrazone groups is 1. The van der Waals surface area contributed by atoms with Crippen LogP contribution in [0.3, 0.4) is 0 Å². The zero-order valence-corrected chi connectivity index (χ0v) is 18.7. The first-order chi connectivity index (χ1) is 15.5. The number of rotatable bonds is 9. The van der Waals surface area contributed by atoms with Crippen molar-refractivity contribution in [3.05, 3.63) is 82.4 Å². The highest BCUT2D eigenvalue weighted by atomic mass is 35.5. The fraction of sp³-hybridized carbons (Fsp3) is 0.167. The molecule has 0 radical (unpaired) electrons. The lowest BCUT2D eigenvalue weighted by molar-refractivity contribution is 0.0955. The van der Waals surface area contributed by atoms with Gasteiger partial charge in [0.1, 0.15) is 18.1 Å². The monoisotopic (exact) mass is 454 g/mol. The zero-order chi connectivity index (χ0) is 22.9. The van der Waals surface area contributed by atoms with Gasteiger partial charge in [-0.1, -0.05) is 23.7 Å². The minimum atomic E-state index is -0.357. The molecule has 8 heteroatoms. The Kier molecular flexibility index (Phi) is 7.94. The minimum Gasteiger partial charge on any atom is -0.496 e. The molecule has 0 fully saturated rings. The van der Waals surface area contributed by atoms with Crippen LogP contribution >= 0.6 is 11.6 Å². The summed E-state index contributed by atoms with van der Waals surface area (Å²) in [4.78, 5) is 12.4. The molecule has 0 unspecified atom stereocenters. The van der Waals surface area contributed by atoms with Gasteiger partial charge in [0.25, 0.3) is 5.91 Å². The third kappa shape index (κ3) is 5.92. The van der Waals surface area contributed by atoms with E-state index in [-0.39, 0.29) is 5.91 Å². The lowest BCUT2D eigenvalue weighted by atomic mass is 10.2. The first-order valence-electron chi connectivity index (χ1n) is 9.64. The highest BCUT2D eigenvalue weighted by molar-refractivity contribution is 6.30. The number of nitrogens with zero attached hydrogens (tertiary/aromatic N) is 1. The maximum Gasteiger partial charge on any atom is 0.271 e. The zero-order valence-electron chi connectivity index (χ0n) is 17.9. The summed E-state index contributed by atoms with van der Waals surface area (Å²) in [5.41, 5.74) is 4.56. The Balaban J connectivity index is 1.60. The van der Waals surface area contributed by atoms with Crippen molar-refractivity contribution in [1.29, 1.82) is 0 Å². The van der Waals surface area contributed by atoms with Crippen molar-refractivity contribution < 1.29 is 23.7 Å². The topological polar surface area (TPSA) is 78.4 Å². The molecule has 0 bridgehead atoms. The van der Waals surface area contributed by atoms with Gasteiger partial charge in [-0.05, 0) is 48.0 Å². The molecule has 0 aromatic heterocycles. The fourth-order valence-electron chi connectivity index (χ4n) is 2.83. The molecule has 0 spiro atoms. The van der Waals surface area contributed by atoms with Crippen LogP contribution in [0.1, 0.15) is 21.5 Å². The van der Waals surface area contributed by atoms with Crippen LogP contribution in [-0.2, 0) is 6.61 Å². The first-order valence-corrected chi connectivity index (χ1v) is 10.0. The summed E-state index contributed by atoms with van der Waals surface area (Å²) in [6.45, 7) is 0.403. The molecule has 0 atom stereocenters. The first kappa shape index (κ1) is 23.0. The van der Waals surface area contributed by atoms with E-state index in [4.69, 9.17) is 30.5 Å². The summed E-state index contributed by atoms with van der Waals surface area (Å²) in [7, 11) is 4.61. The number of hydrogen-bond donors (Lipinski definition) is 1. The average molecular weight is 455 g/mol. The highest BCUT2D eigenvalue weighted by Crippen LogP contribution is 2.33. The molecule has 7 nitrogen and oxygen atoms in total. The van der Waals surface area contributed by atoms with Gasteiger partial charge in [0.15, 0.2) is 11.5 Å². The van der Waals surface area contributed by atoms with Gasteiger partial charge in [0.05, 0.1) is 27.5 Å². The Morgan fingerprint density at radius 2 is 1.53 bits per heavy atom. The number of ether oxygens (including phenoxy) is 4. The summed E-state index contributed by atoms with van der Waals surface area (Å²) in [6.07, 6.45) is 1.47. The summed E-state index contributed by atoms with van der Waals surface area (Å²) >= 11 is 5.88. The number of methoxy groups -OCH3 is 3. The molecule has 3 aromatic rings. The largest absolute Gasteiger partial charge is 0.496 e. The third-order valence-electron chi connectivity index (χ3n) is 4.54. The van der Waals surface area contributed by atoms with E-state index in [1.54, 1.807) is 43.5 Å². The van der Waals surface area contributed by atoms with E-state index < -0.39 is 0 Å². The van der Waals surface area contributed by atoms with E-state index in [0.29, 0.717) is 45.8 Å². The lowest BCUT2D eigenvalue weighted by Crippen LogP contribution is -2.17. The van der Waals surface area contributed by atoms with Crippen molar-refractivity contribution in [2.24, 2.45) is 5.10 Å². The Hall–Kier alpha value is -3.71. The van der Waals surface area contributed by atoms with Crippen LogP contribution in [0.2, 0.25) is 5.02 Å². The van der Waals surface area contributed by atoms with Gasteiger partial charge >= 0.3 is 0 Å². The van der Waals surface area contributed by atoms with Crippen LogP contribution in [-0.4, -0.2) is 33.5 Å². The molecule has 0 saturated carbocycles. The predicted octanol–water partition coefficient (Wildman–Crippen LogP) is 4.71. The maximum atomic E-state index is 12.4. The van der Waals surface area contributed by atoms with Gasteiger partial charge in [0.2, 0.25) is 0 Å². The Morgan fingerprint density at radius 3 is 2.16 bits per heavy atom. The van der Waals surface area contributed by atoms with Crippen LogP contribution in [0, 0.1) is 0 Å². The quantitative estimate of drug-likeness (QED) is 0.374. The smallest absolute Gasteiger partial charge is 0.271 e. The van der Waals surface area contributed by atoms with E-state index in [2.05, 4.69) is 10.5 Å². The number of amides is 1. The Bertz CT molecular complexity index is 1080. The van der Waals surface area contributed by atoms with E-state index in [0.717, 1.165) is 5.56 Å². The van der Waals surface area contributed by atoms with Crippen molar-refractivity contribution in [3.63, 3.8) is 0 Å². The van der Waals surface area contributed by atoms with Crippen molar-refractivity contribution in [3.8, 4) is 23.0 Å². The van der Waals surface area contributed by atoms with E-state index in [1.165, 1.54) is 20.4 Å². The summed E-state index contributed by atoms with van der Waals surface area (Å²) in [5, 5.41) is 4.70. The maximum absolute atomic E-state index is 12.4.